The molecule has 0 bridgehead atoms. The average Bonchev–Trinajstić information content (AvgIpc) is 2.32. The predicted molar refractivity (Wildman–Crippen MR) is 67.1 cm³/mol. The zero-order valence-corrected chi connectivity index (χ0v) is 10.4. The maximum atomic E-state index is 13.3. The normalized spacial score (nSPS) is 10.5. The Morgan fingerprint density at radius 3 is 2.53 bits per heavy atom. The van der Waals surface area contributed by atoms with Crippen LogP contribution in [0.1, 0.15) is 21.9 Å². The van der Waals surface area contributed by atoms with Crippen molar-refractivity contribution in [3.63, 3.8) is 0 Å². The highest BCUT2D eigenvalue weighted by atomic mass is 19.1. The molecule has 0 radical (unpaired) electrons. The number of hydrogen-bond acceptors (Lipinski definition) is 4. The van der Waals surface area contributed by atoms with Crippen molar-refractivity contribution in [1.29, 1.82) is 0 Å². The number of rotatable bonds is 2. The molecule has 1 aromatic heterocycles. The van der Waals surface area contributed by atoms with E-state index in [1.165, 1.54) is 12.1 Å². The van der Waals surface area contributed by atoms with Crippen molar-refractivity contribution in [1.82, 2.24) is 9.97 Å². The van der Waals surface area contributed by atoms with Gasteiger partial charge in [0.05, 0.1) is 17.1 Å². The first-order valence-corrected chi connectivity index (χ1v) is 5.54. The highest BCUT2D eigenvalue weighted by molar-refractivity contribution is 5.92. The van der Waals surface area contributed by atoms with Gasteiger partial charge in [-0.25, -0.2) is 9.37 Å². The summed E-state index contributed by atoms with van der Waals surface area (Å²) < 4.78 is 13.3. The van der Waals surface area contributed by atoms with Crippen LogP contribution in [0.5, 0.6) is 5.75 Å². The molecule has 0 unspecified atom stereocenters. The Hall–Kier alpha value is -2.50. The molecule has 98 valence electrons. The van der Waals surface area contributed by atoms with Crippen LogP contribution in [0.4, 0.5) is 4.39 Å². The molecule has 0 saturated carbocycles. The molecule has 0 saturated heterocycles. The van der Waals surface area contributed by atoms with Gasteiger partial charge in [-0.3, -0.25) is 9.78 Å². The van der Waals surface area contributed by atoms with E-state index >= 15 is 0 Å². The summed E-state index contributed by atoms with van der Waals surface area (Å²) in [7, 11) is 0. The molecule has 0 atom stereocenters. The summed E-state index contributed by atoms with van der Waals surface area (Å²) in [5.74, 6) is -1.90. The first kappa shape index (κ1) is 12.9. The van der Waals surface area contributed by atoms with Crippen molar-refractivity contribution in [2.24, 2.45) is 5.73 Å². The van der Waals surface area contributed by atoms with Crippen molar-refractivity contribution in [2.45, 2.75) is 13.8 Å². The fraction of sp³-hybridized carbons (Fsp3) is 0.154. The fourth-order valence-corrected chi connectivity index (χ4v) is 1.79. The topological polar surface area (TPSA) is 89.1 Å². The monoisotopic (exact) mass is 261 g/mol. The zero-order valence-electron chi connectivity index (χ0n) is 10.4. The number of aryl methyl sites for hydroxylation is 2. The van der Waals surface area contributed by atoms with Gasteiger partial charge in [-0.2, -0.15) is 0 Å². The van der Waals surface area contributed by atoms with Gasteiger partial charge in [0.1, 0.15) is 5.69 Å². The molecule has 0 aliphatic heterocycles. The van der Waals surface area contributed by atoms with Crippen LogP contribution in [0.15, 0.2) is 18.2 Å². The van der Waals surface area contributed by atoms with Crippen molar-refractivity contribution >= 4 is 5.91 Å². The molecular weight excluding hydrogens is 249 g/mol. The minimum atomic E-state index is -0.764. The molecule has 1 aromatic carbocycles. The van der Waals surface area contributed by atoms with Gasteiger partial charge in [-0.15, -0.1) is 0 Å². The number of phenolic OH excluding ortho intramolecular Hbond substituents is 1. The lowest BCUT2D eigenvalue weighted by Crippen LogP contribution is -2.17. The van der Waals surface area contributed by atoms with Crippen LogP contribution in [0, 0.1) is 19.7 Å². The summed E-state index contributed by atoms with van der Waals surface area (Å²) in [5.41, 5.74) is 7.01. The van der Waals surface area contributed by atoms with Crippen LogP contribution in [0.2, 0.25) is 0 Å². The third-order valence-corrected chi connectivity index (χ3v) is 2.70. The number of benzene rings is 1. The smallest absolute Gasteiger partial charge is 0.269 e. The number of nitrogens with two attached hydrogens (primary N) is 1. The number of amides is 1. The second kappa shape index (κ2) is 4.64. The zero-order chi connectivity index (χ0) is 14.2. The summed E-state index contributed by atoms with van der Waals surface area (Å²) >= 11 is 0. The van der Waals surface area contributed by atoms with Crippen LogP contribution in [0.25, 0.3) is 11.3 Å². The van der Waals surface area contributed by atoms with E-state index in [0.29, 0.717) is 22.6 Å². The summed E-state index contributed by atoms with van der Waals surface area (Å²) in [6.45, 7) is 3.33. The van der Waals surface area contributed by atoms with E-state index in [4.69, 9.17) is 10.8 Å². The van der Waals surface area contributed by atoms with Gasteiger partial charge >= 0.3 is 0 Å². The second-order valence-corrected chi connectivity index (χ2v) is 4.12. The lowest BCUT2D eigenvalue weighted by molar-refractivity contribution is 0.0994. The maximum absolute atomic E-state index is 13.3. The number of hydrogen-bond donors (Lipinski definition) is 2. The van der Waals surface area contributed by atoms with Crippen LogP contribution in [-0.4, -0.2) is 21.0 Å². The Morgan fingerprint density at radius 1 is 1.26 bits per heavy atom. The number of carbonyl (C=O) groups is 1. The van der Waals surface area contributed by atoms with Gasteiger partial charge in [-0.05, 0) is 32.0 Å². The number of phenols is 1. The number of aromatic nitrogens is 2. The van der Waals surface area contributed by atoms with Crippen molar-refractivity contribution in [3.8, 4) is 17.0 Å². The molecule has 0 aliphatic rings. The molecule has 19 heavy (non-hydrogen) atoms. The number of aromatic hydroxyl groups is 1. The molecule has 2 aromatic rings. The third kappa shape index (κ3) is 2.37. The van der Waals surface area contributed by atoms with Crippen LogP contribution < -0.4 is 5.73 Å². The molecule has 1 heterocycles. The standard InChI is InChI=1S/C13H12FN3O2/c1-6-11(8-3-4-10(18)9(14)5-8)17-12(13(15)19)7(2)16-6/h3-5,18H,1-2H3,(H2,15,19). The molecule has 0 aliphatic carbocycles. The maximum Gasteiger partial charge on any atom is 0.269 e. The van der Waals surface area contributed by atoms with E-state index in [9.17, 15) is 9.18 Å². The molecule has 3 N–H and O–H groups in total. The van der Waals surface area contributed by atoms with E-state index in [0.717, 1.165) is 6.07 Å². The Balaban J connectivity index is 2.64. The second-order valence-electron chi connectivity index (χ2n) is 4.12. The number of carbonyl (C=O) groups excluding carboxylic acids is 1. The van der Waals surface area contributed by atoms with Crippen LogP contribution in [0.3, 0.4) is 0 Å². The minimum absolute atomic E-state index is 0.0501. The first-order chi connectivity index (χ1) is 8.90. The van der Waals surface area contributed by atoms with Gasteiger partial charge < -0.3 is 10.8 Å². The highest BCUT2D eigenvalue weighted by Crippen LogP contribution is 2.25. The Morgan fingerprint density at radius 2 is 1.95 bits per heavy atom. The molecule has 2 rings (SSSR count). The molecular formula is C13H12FN3O2. The minimum Gasteiger partial charge on any atom is -0.505 e. The SMILES string of the molecule is Cc1nc(C)c(-c2ccc(O)c(F)c2)nc1C(N)=O. The van der Waals surface area contributed by atoms with E-state index in [2.05, 4.69) is 9.97 Å². The van der Waals surface area contributed by atoms with E-state index in [1.807, 2.05) is 0 Å². The van der Waals surface area contributed by atoms with E-state index in [1.54, 1.807) is 13.8 Å². The van der Waals surface area contributed by atoms with Gasteiger partial charge in [0.15, 0.2) is 11.6 Å². The van der Waals surface area contributed by atoms with Crippen LogP contribution in [-0.2, 0) is 0 Å². The fourth-order valence-electron chi connectivity index (χ4n) is 1.79. The summed E-state index contributed by atoms with van der Waals surface area (Å²) in [6.07, 6.45) is 0. The quantitative estimate of drug-likeness (QED) is 0.861. The molecule has 1 amide bonds. The molecule has 0 fully saturated rings. The Kier molecular flexibility index (Phi) is 3.16. The van der Waals surface area contributed by atoms with Gasteiger partial charge in [-0.1, -0.05) is 0 Å². The molecule has 0 spiro atoms. The number of primary amides is 1. The average molecular weight is 261 g/mol. The predicted octanol–water partition coefficient (Wildman–Crippen LogP) is 1.70. The Labute approximate surface area is 108 Å². The lowest BCUT2D eigenvalue weighted by Gasteiger charge is -2.09. The first-order valence-electron chi connectivity index (χ1n) is 5.54. The van der Waals surface area contributed by atoms with Crippen LogP contribution >= 0.6 is 0 Å². The Bertz CT molecular complexity index is 671. The van der Waals surface area contributed by atoms with Crippen molar-refractivity contribution < 1.29 is 14.3 Å². The van der Waals surface area contributed by atoms with E-state index < -0.39 is 17.5 Å². The largest absolute Gasteiger partial charge is 0.505 e. The van der Waals surface area contributed by atoms with Crippen molar-refractivity contribution in [2.75, 3.05) is 0 Å². The van der Waals surface area contributed by atoms with E-state index in [-0.39, 0.29) is 5.69 Å². The van der Waals surface area contributed by atoms with Gasteiger partial charge in [0.25, 0.3) is 5.91 Å². The lowest BCUT2D eigenvalue weighted by atomic mass is 10.1. The number of halogens is 1. The van der Waals surface area contributed by atoms with Gasteiger partial charge in [0.2, 0.25) is 0 Å². The highest BCUT2D eigenvalue weighted by Gasteiger charge is 2.14. The summed E-state index contributed by atoms with van der Waals surface area (Å²) in [4.78, 5) is 19.5. The summed E-state index contributed by atoms with van der Waals surface area (Å²) in [6, 6.07) is 3.84. The molecule has 5 nitrogen and oxygen atoms in total. The number of nitrogens with zero attached hydrogens (tertiary/aromatic N) is 2. The molecule has 6 heteroatoms. The van der Waals surface area contributed by atoms with Crippen molar-refractivity contribution in [3.05, 3.63) is 41.1 Å². The van der Waals surface area contributed by atoms with Gasteiger partial charge in [0, 0.05) is 5.56 Å². The summed E-state index contributed by atoms with van der Waals surface area (Å²) in [5, 5.41) is 9.16. The third-order valence-electron chi connectivity index (χ3n) is 2.70.